The van der Waals surface area contributed by atoms with E-state index in [0.717, 1.165) is 11.3 Å². The highest BCUT2D eigenvalue weighted by Crippen LogP contribution is 2.12. The lowest BCUT2D eigenvalue weighted by atomic mass is 10.2. The van der Waals surface area contributed by atoms with E-state index in [0.29, 0.717) is 25.1 Å². The second-order valence-electron chi connectivity index (χ2n) is 6.79. The van der Waals surface area contributed by atoms with Gasteiger partial charge in [0.05, 0.1) is 7.11 Å². The van der Waals surface area contributed by atoms with E-state index < -0.39 is 6.04 Å². The van der Waals surface area contributed by atoms with Crippen molar-refractivity contribution in [2.45, 2.75) is 19.4 Å². The van der Waals surface area contributed by atoms with Crippen LogP contribution in [0.2, 0.25) is 0 Å². The molecule has 164 valence electrons. The molecule has 0 fully saturated rings. The summed E-state index contributed by atoms with van der Waals surface area (Å²) in [7, 11) is 1.58. The number of nitrogens with one attached hydrogen (secondary N) is 3. The molecule has 1 unspecified atom stereocenters. The van der Waals surface area contributed by atoms with Gasteiger partial charge in [-0.25, -0.2) is 0 Å². The maximum Gasteiger partial charge on any atom is 0.251 e. The van der Waals surface area contributed by atoms with Crippen molar-refractivity contribution in [1.82, 2.24) is 16.0 Å². The van der Waals surface area contributed by atoms with Crippen LogP contribution >= 0.6 is 0 Å². The number of rotatable bonds is 10. The van der Waals surface area contributed by atoms with Crippen LogP contribution in [0.3, 0.4) is 0 Å². The van der Waals surface area contributed by atoms with Gasteiger partial charge in [0.15, 0.2) is 0 Å². The summed E-state index contributed by atoms with van der Waals surface area (Å²) in [5.74, 6) is -0.241. The van der Waals surface area contributed by atoms with Crippen LogP contribution < -0.4 is 20.7 Å². The highest BCUT2D eigenvalue weighted by Gasteiger charge is 2.13. The van der Waals surface area contributed by atoms with Crippen molar-refractivity contribution in [3.8, 4) is 11.5 Å². The minimum Gasteiger partial charge on any atom is -0.508 e. The van der Waals surface area contributed by atoms with Gasteiger partial charge in [0.25, 0.3) is 5.91 Å². The number of phenolic OH excluding ortho intramolecular Hbond substituents is 1. The van der Waals surface area contributed by atoms with Crippen LogP contribution in [0.1, 0.15) is 29.3 Å². The molecule has 0 spiro atoms. The Labute approximate surface area is 181 Å². The summed E-state index contributed by atoms with van der Waals surface area (Å²) in [6.45, 7) is 2.30. The molecular formula is C23H27N3O5. The Hall–Kier alpha value is -3.81. The summed E-state index contributed by atoms with van der Waals surface area (Å²) >= 11 is 0. The fourth-order valence-electron chi connectivity index (χ4n) is 2.62. The van der Waals surface area contributed by atoms with Crippen molar-refractivity contribution in [3.63, 3.8) is 0 Å². The largest absolute Gasteiger partial charge is 0.508 e. The molecule has 31 heavy (non-hydrogen) atoms. The zero-order valence-corrected chi connectivity index (χ0v) is 17.6. The zero-order valence-electron chi connectivity index (χ0n) is 17.6. The van der Waals surface area contributed by atoms with Crippen molar-refractivity contribution in [2.75, 3.05) is 20.2 Å². The molecule has 0 aliphatic rings. The fraction of sp³-hybridized carbons (Fsp3) is 0.261. The average Bonchev–Trinajstić information content (AvgIpc) is 2.77. The lowest BCUT2D eigenvalue weighted by molar-refractivity contribution is -0.126. The predicted octanol–water partition coefficient (Wildman–Crippen LogP) is 1.86. The second-order valence-corrected chi connectivity index (χ2v) is 6.79. The number of carbonyl (C=O) groups excluding carboxylic acids is 3. The molecule has 2 aromatic rings. The molecule has 0 saturated heterocycles. The number of benzene rings is 2. The Bertz CT molecular complexity index is 925. The first-order valence-electron chi connectivity index (χ1n) is 9.86. The highest BCUT2D eigenvalue weighted by molar-refractivity contribution is 5.95. The molecule has 0 aliphatic carbocycles. The van der Waals surface area contributed by atoms with Gasteiger partial charge in [-0.3, -0.25) is 14.4 Å². The van der Waals surface area contributed by atoms with E-state index in [1.807, 2.05) is 12.1 Å². The summed E-state index contributed by atoms with van der Waals surface area (Å²) in [5, 5.41) is 17.4. The van der Waals surface area contributed by atoms with Gasteiger partial charge in [-0.05, 0) is 55.3 Å². The first-order valence-corrected chi connectivity index (χ1v) is 9.86. The van der Waals surface area contributed by atoms with E-state index in [1.165, 1.54) is 18.2 Å². The highest BCUT2D eigenvalue weighted by atomic mass is 16.5. The molecule has 2 rings (SSSR count). The third-order valence-corrected chi connectivity index (χ3v) is 4.34. The first-order chi connectivity index (χ1) is 14.9. The van der Waals surface area contributed by atoms with Crippen LogP contribution in [0.5, 0.6) is 11.5 Å². The molecule has 0 saturated carbocycles. The summed E-state index contributed by atoms with van der Waals surface area (Å²) in [6.07, 6.45) is 3.53. The molecule has 0 heterocycles. The third-order valence-electron chi connectivity index (χ3n) is 4.34. The molecule has 2 aromatic carbocycles. The molecule has 0 radical (unpaired) electrons. The third kappa shape index (κ3) is 8.22. The minimum absolute atomic E-state index is 0.0230. The lowest BCUT2D eigenvalue weighted by Gasteiger charge is -2.13. The van der Waals surface area contributed by atoms with Crippen molar-refractivity contribution in [3.05, 3.63) is 65.7 Å². The van der Waals surface area contributed by atoms with E-state index in [1.54, 1.807) is 44.4 Å². The van der Waals surface area contributed by atoms with E-state index in [4.69, 9.17) is 4.74 Å². The van der Waals surface area contributed by atoms with Crippen molar-refractivity contribution >= 4 is 23.8 Å². The number of phenols is 1. The molecule has 1 atom stereocenters. The SMILES string of the molecule is COc1ccc(/C=C/C(=O)NC(C)C(=O)NCCCNC(=O)c2cccc(O)c2)cc1. The molecule has 8 heteroatoms. The van der Waals surface area contributed by atoms with Crippen LogP contribution in [0.4, 0.5) is 0 Å². The fourth-order valence-corrected chi connectivity index (χ4v) is 2.62. The first kappa shape index (κ1) is 23.5. The van der Waals surface area contributed by atoms with Crippen LogP contribution in [0.15, 0.2) is 54.6 Å². The summed E-state index contributed by atoms with van der Waals surface area (Å²) in [6, 6.07) is 12.6. The van der Waals surface area contributed by atoms with Crippen LogP contribution in [0, 0.1) is 0 Å². The maximum absolute atomic E-state index is 12.1. The van der Waals surface area contributed by atoms with Gasteiger partial charge in [-0.15, -0.1) is 0 Å². The number of ether oxygens (including phenoxy) is 1. The molecule has 0 aliphatic heterocycles. The Kier molecular flexibility index (Phi) is 9.10. The van der Waals surface area contributed by atoms with E-state index in [2.05, 4.69) is 16.0 Å². The number of aromatic hydroxyl groups is 1. The molecule has 0 bridgehead atoms. The maximum atomic E-state index is 12.1. The number of amides is 3. The van der Waals surface area contributed by atoms with Gasteiger partial charge in [-0.2, -0.15) is 0 Å². The van der Waals surface area contributed by atoms with E-state index in [9.17, 15) is 19.5 Å². The predicted molar refractivity (Wildman–Crippen MR) is 118 cm³/mol. The quantitative estimate of drug-likeness (QED) is 0.342. The number of hydrogen-bond donors (Lipinski definition) is 4. The summed E-state index contributed by atoms with van der Waals surface area (Å²) < 4.78 is 5.08. The monoisotopic (exact) mass is 425 g/mol. The van der Waals surface area contributed by atoms with Gasteiger partial charge in [0.1, 0.15) is 17.5 Å². The number of methoxy groups -OCH3 is 1. The van der Waals surface area contributed by atoms with Crippen LogP contribution in [-0.4, -0.2) is 49.1 Å². The van der Waals surface area contributed by atoms with Crippen molar-refractivity contribution in [1.29, 1.82) is 0 Å². The Morgan fingerprint density at radius 3 is 2.45 bits per heavy atom. The van der Waals surface area contributed by atoms with Gasteiger partial charge < -0.3 is 25.8 Å². The molecule has 3 amide bonds. The van der Waals surface area contributed by atoms with Crippen LogP contribution in [0.25, 0.3) is 6.08 Å². The Morgan fingerprint density at radius 1 is 1.06 bits per heavy atom. The molecule has 8 nitrogen and oxygen atoms in total. The molecular weight excluding hydrogens is 398 g/mol. The van der Waals surface area contributed by atoms with Crippen molar-refractivity contribution < 1.29 is 24.2 Å². The van der Waals surface area contributed by atoms with Crippen LogP contribution in [-0.2, 0) is 9.59 Å². The molecule has 4 N–H and O–H groups in total. The van der Waals surface area contributed by atoms with Gasteiger partial charge in [0.2, 0.25) is 11.8 Å². The summed E-state index contributed by atoms with van der Waals surface area (Å²) in [4.78, 5) is 36.0. The van der Waals surface area contributed by atoms with Gasteiger partial charge in [-0.1, -0.05) is 18.2 Å². The van der Waals surface area contributed by atoms with Gasteiger partial charge >= 0.3 is 0 Å². The zero-order chi connectivity index (χ0) is 22.6. The Morgan fingerprint density at radius 2 is 1.77 bits per heavy atom. The van der Waals surface area contributed by atoms with Gasteiger partial charge in [0, 0.05) is 24.7 Å². The molecule has 0 aromatic heterocycles. The standard InChI is InChI=1S/C23H27N3O5/c1-16(26-21(28)12-9-17-7-10-20(31-2)11-8-17)22(29)24-13-4-14-25-23(30)18-5-3-6-19(27)15-18/h3,5-12,15-16,27H,4,13-14H2,1-2H3,(H,24,29)(H,25,30)(H,26,28)/b12-9+. The van der Waals surface area contributed by atoms with E-state index >= 15 is 0 Å². The average molecular weight is 425 g/mol. The smallest absolute Gasteiger partial charge is 0.251 e. The number of hydrogen-bond acceptors (Lipinski definition) is 5. The topological polar surface area (TPSA) is 117 Å². The normalized spacial score (nSPS) is 11.5. The summed E-state index contributed by atoms with van der Waals surface area (Å²) in [5.41, 5.74) is 1.20. The minimum atomic E-state index is -0.699. The second kappa shape index (κ2) is 12.0. The number of carbonyl (C=O) groups is 3. The lowest BCUT2D eigenvalue weighted by Crippen LogP contribution is -2.44. The van der Waals surface area contributed by atoms with E-state index in [-0.39, 0.29) is 23.5 Å². The Balaban J connectivity index is 1.65. The van der Waals surface area contributed by atoms with Crippen molar-refractivity contribution in [2.24, 2.45) is 0 Å².